The van der Waals surface area contributed by atoms with Crippen LogP contribution >= 0.6 is 0 Å². The van der Waals surface area contributed by atoms with Crippen LogP contribution in [0.15, 0.2) is 0 Å². The van der Waals surface area contributed by atoms with E-state index in [4.69, 9.17) is 9.47 Å². The molecule has 0 aliphatic carbocycles. The van der Waals surface area contributed by atoms with Crippen molar-refractivity contribution in [3.63, 3.8) is 0 Å². The molecular weight excluding hydrogens is 284 g/mol. The number of carbonyl (C=O) groups excluding carboxylic acids is 2. The normalized spacial score (nSPS) is 24.0. The summed E-state index contributed by atoms with van der Waals surface area (Å²) in [4.78, 5) is 26.1. The van der Waals surface area contributed by atoms with Crippen molar-refractivity contribution in [1.29, 1.82) is 0 Å². The molecule has 1 unspecified atom stereocenters. The summed E-state index contributed by atoms with van der Waals surface area (Å²) in [5.74, 6) is 0.144. The van der Waals surface area contributed by atoms with Crippen molar-refractivity contribution in [3.05, 3.63) is 0 Å². The monoisotopic (exact) mass is 312 g/mol. The molecule has 0 spiro atoms. The zero-order valence-electron chi connectivity index (χ0n) is 13.9. The summed E-state index contributed by atoms with van der Waals surface area (Å²) in [7, 11) is 0. The van der Waals surface area contributed by atoms with Gasteiger partial charge >= 0.3 is 6.09 Å². The van der Waals surface area contributed by atoms with Crippen LogP contribution in [-0.2, 0) is 14.3 Å². The first kappa shape index (κ1) is 17.1. The number of rotatable bonds is 2. The Balaban J connectivity index is 1.82. The van der Waals surface area contributed by atoms with E-state index in [-0.39, 0.29) is 24.0 Å². The van der Waals surface area contributed by atoms with Crippen molar-refractivity contribution < 1.29 is 19.1 Å². The van der Waals surface area contributed by atoms with Crippen molar-refractivity contribution in [2.75, 3.05) is 26.3 Å². The smallest absolute Gasteiger partial charge is 0.410 e. The fraction of sp³-hybridized carbons (Fsp3) is 0.875. The first-order valence-corrected chi connectivity index (χ1v) is 8.21. The van der Waals surface area contributed by atoms with E-state index in [1.807, 2.05) is 20.8 Å². The van der Waals surface area contributed by atoms with Gasteiger partial charge in [-0.25, -0.2) is 4.79 Å². The number of ether oxygens (including phenoxy) is 2. The fourth-order valence-electron chi connectivity index (χ4n) is 2.87. The minimum absolute atomic E-state index is 0.0246. The van der Waals surface area contributed by atoms with Gasteiger partial charge in [-0.05, 0) is 46.5 Å². The van der Waals surface area contributed by atoms with Gasteiger partial charge in [0, 0.05) is 38.3 Å². The van der Waals surface area contributed by atoms with Crippen molar-refractivity contribution in [2.45, 2.75) is 58.1 Å². The predicted octanol–water partition coefficient (Wildman–Crippen LogP) is 1.93. The molecule has 0 aromatic carbocycles. The Morgan fingerprint density at radius 3 is 2.50 bits per heavy atom. The van der Waals surface area contributed by atoms with E-state index in [2.05, 4.69) is 5.32 Å². The van der Waals surface area contributed by atoms with Gasteiger partial charge in [-0.3, -0.25) is 4.79 Å². The number of piperidine rings is 1. The number of amides is 2. The summed E-state index contributed by atoms with van der Waals surface area (Å²) in [5.41, 5.74) is -0.491. The van der Waals surface area contributed by atoms with Crippen LogP contribution in [0.1, 0.15) is 46.5 Å². The van der Waals surface area contributed by atoms with E-state index in [1.54, 1.807) is 4.90 Å². The molecule has 0 bridgehead atoms. The molecule has 22 heavy (non-hydrogen) atoms. The van der Waals surface area contributed by atoms with E-state index in [9.17, 15) is 9.59 Å². The van der Waals surface area contributed by atoms with Crippen LogP contribution in [0.25, 0.3) is 0 Å². The molecule has 2 fully saturated rings. The van der Waals surface area contributed by atoms with Gasteiger partial charge in [0.25, 0.3) is 0 Å². The maximum Gasteiger partial charge on any atom is 0.410 e. The summed E-state index contributed by atoms with van der Waals surface area (Å²) in [6, 6.07) is 0.0246. The lowest BCUT2D eigenvalue weighted by Crippen LogP contribution is -2.52. The van der Waals surface area contributed by atoms with Crippen LogP contribution in [-0.4, -0.2) is 54.8 Å². The second-order valence-corrected chi connectivity index (χ2v) is 7.16. The third-order valence-electron chi connectivity index (χ3n) is 4.01. The van der Waals surface area contributed by atoms with Gasteiger partial charge in [0.05, 0.1) is 0 Å². The molecular formula is C16H28N2O4. The Labute approximate surface area is 132 Å². The summed E-state index contributed by atoms with van der Waals surface area (Å²) in [6.07, 6.45) is 3.08. The van der Waals surface area contributed by atoms with E-state index in [0.29, 0.717) is 26.3 Å². The van der Waals surface area contributed by atoms with Gasteiger partial charge in [0.2, 0.25) is 5.91 Å². The van der Waals surface area contributed by atoms with Crippen LogP contribution in [0.3, 0.4) is 0 Å². The molecule has 6 nitrogen and oxygen atoms in total. The predicted molar refractivity (Wildman–Crippen MR) is 82.5 cm³/mol. The Bertz CT molecular complexity index is 399. The maximum atomic E-state index is 12.3. The van der Waals surface area contributed by atoms with Crippen molar-refractivity contribution in [1.82, 2.24) is 10.2 Å². The lowest BCUT2D eigenvalue weighted by Gasteiger charge is -2.35. The fourth-order valence-corrected chi connectivity index (χ4v) is 2.87. The number of likely N-dealkylation sites (tertiary alicyclic amines) is 1. The Kier molecular flexibility index (Phi) is 5.67. The number of hydrogen-bond donors (Lipinski definition) is 1. The van der Waals surface area contributed by atoms with Gasteiger partial charge in [0.1, 0.15) is 5.60 Å². The molecule has 2 aliphatic rings. The highest BCUT2D eigenvalue weighted by atomic mass is 16.6. The maximum absolute atomic E-state index is 12.3. The Morgan fingerprint density at radius 2 is 1.86 bits per heavy atom. The molecule has 126 valence electrons. The van der Waals surface area contributed by atoms with Crippen molar-refractivity contribution in [3.8, 4) is 0 Å². The van der Waals surface area contributed by atoms with E-state index < -0.39 is 5.60 Å². The first-order valence-electron chi connectivity index (χ1n) is 8.21. The molecule has 1 N–H and O–H groups in total. The standard InChI is InChI=1S/C16H28N2O4/c1-16(2,3)22-15(20)18-8-4-5-13(11-18)17-14(19)12-6-9-21-10-7-12/h12-13H,4-11H2,1-3H3,(H,17,19). The molecule has 2 rings (SSSR count). The van der Waals surface area contributed by atoms with Crippen molar-refractivity contribution >= 4 is 12.0 Å². The number of hydrogen-bond acceptors (Lipinski definition) is 4. The van der Waals surface area contributed by atoms with Gasteiger partial charge in [0.15, 0.2) is 0 Å². The van der Waals surface area contributed by atoms with Gasteiger partial charge < -0.3 is 19.7 Å². The second kappa shape index (κ2) is 7.31. The largest absolute Gasteiger partial charge is 0.444 e. The van der Waals surface area contributed by atoms with Gasteiger partial charge in [-0.1, -0.05) is 0 Å². The zero-order valence-corrected chi connectivity index (χ0v) is 13.9. The third-order valence-corrected chi connectivity index (χ3v) is 4.01. The quantitative estimate of drug-likeness (QED) is 0.846. The molecule has 2 aliphatic heterocycles. The summed E-state index contributed by atoms with van der Waals surface area (Å²) in [5, 5.41) is 3.09. The average Bonchev–Trinajstić information content (AvgIpc) is 2.46. The van der Waals surface area contributed by atoms with Gasteiger partial charge in [-0.2, -0.15) is 0 Å². The Hall–Kier alpha value is -1.30. The molecule has 2 heterocycles. The minimum Gasteiger partial charge on any atom is -0.444 e. The lowest BCUT2D eigenvalue weighted by atomic mass is 9.98. The van der Waals surface area contributed by atoms with Crippen LogP contribution in [0.2, 0.25) is 0 Å². The number of nitrogens with one attached hydrogen (secondary N) is 1. The molecule has 0 saturated carbocycles. The van der Waals surface area contributed by atoms with E-state index in [1.165, 1.54) is 0 Å². The molecule has 2 amide bonds. The van der Waals surface area contributed by atoms with Crippen LogP contribution in [0.4, 0.5) is 4.79 Å². The SMILES string of the molecule is CC(C)(C)OC(=O)N1CCCC(NC(=O)C2CCOCC2)C1. The van der Waals surface area contributed by atoms with Crippen LogP contribution in [0, 0.1) is 5.92 Å². The van der Waals surface area contributed by atoms with Gasteiger partial charge in [-0.15, -0.1) is 0 Å². The van der Waals surface area contributed by atoms with Crippen LogP contribution in [0.5, 0.6) is 0 Å². The summed E-state index contributed by atoms with van der Waals surface area (Å²) < 4.78 is 10.7. The Morgan fingerprint density at radius 1 is 1.18 bits per heavy atom. The summed E-state index contributed by atoms with van der Waals surface area (Å²) >= 11 is 0. The number of nitrogens with zero attached hydrogens (tertiary/aromatic N) is 1. The van der Waals surface area contributed by atoms with Crippen LogP contribution < -0.4 is 5.32 Å². The average molecular weight is 312 g/mol. The number of carbonyl (C=O) groups is 2. The molecule has 6 heteroatoms. The van der Waals surface area contributed by atoms with Crippen molar-refractivity contribution in [2.24, 2.45) is 5.92 Å². The minimum atomic E-state index is -0.491. The molecule has 0 aromatic rings. The molecule has 0 radical (unpaired) electrons. The third kappa shape index (κ3) is 5.16. The molecule has 1 atom stereocenters. The highest BCUT2D eigenvalue weighted by molar-refractivity contribution is 5.79. The first-order chi connectivity index (χ1) is 10.3. The lowest BCUT2D eigenvalue weighted by molar-refractivity contribution is -0.129. The molecule has 0 aromatic heterocycles. The van der Waals surface area contributed by atoms with E-state index >= 15 is 0 Å². The topological polar surface area (TPSA) is 67.9 Å². The highest BCUT2D eigenvalue weighted by Crippen LogP contribution is 2.18. The highest BCUT2D eigenvalue weighted by Gasteiger charge is 2.30. The second-order valence-electron chi connectivity index (χ2n) is 7.16. The van der Waals surface area contributed by atoms with E-state index in [0.717, 1.165) is 25.7 Å². The zero-order chi connectivity index (χ0) is 16.2. The molecule has 2 saturated heterocycles. The summed E-state index contributed by atoms with van der Waals surface area (Å²) in [6.45, 7) is 8.12.